The van der Waals surface area contributed by atoms with E-state index in [0.29, 0.717) is 11.3 Å². The maximum absolute atomic E-state index is 13.9. The molecule has 1 atom stereocenters. The van der Waals surface area contributed by atoms with Crippen molar-refractivity contribution < 1.29 is 9.23 Å². The number of hydrogen-bond donors (Lipinski definition) is 2. The molecule has 1 aliphatic heterocycles. The van der Waals surface area contributed by atoms with Gasteiger partial charge in [0.2, 0.25) is 0 Å². The Hall–Kier alpha value is -3.77. The van der Waals surface area contributed by atoms with E-state index in [-0.39, 0.29) is 35.5 Å². The molecule has 1 aromatic carbocycles. The zero-order valence-corrected chi connectivity index (χ0v) is 15.0. The minimum atomic E-state index is -0.588. The molecule has 0 radical (unpaired) electrons. The second-order valence-electron chi connectivity index (χ2n) is 5.94. The normalized spacial score (nSPS) is 17.4. The van der Waals surface area contributed by atoms with Crippen molar-refractivity contribution in [2.45, 2.75) is 12.6 Å². The molecule has 1 aromatic heterocycles. The topological polar surface area (TPSA) is 120 Å². The van der Waals surface area contributed by atoms with Crippen molar-refractivity contribution in [3.63, 3.8) is 0 Å². The summed E-state index contributed by atoms with van der Waals surface area (Å²) in [6.07, 6.45) is 5.95. The van der Waals surface area contributed by atoms with Crippen LogP contribution >= 0.6 is 0 Å². The van der Waals surface area contributed by atoms with E-state index in [9.17, 15) is 9.18 Å². The van der Waals surface area contributed by atoms with Crippen LogP contribution in [0.1, 0.15) is 17.0 Å². The van der Waals surface area contributed by atoms with Gasteiger partial charge < -0.3 is 15.6 Å². The summed E-state index contributed by atoms with van der Waals surface area (Å²) >= 11 is 0. The highest BCUT2D eigenvalue weighted by molar-refractivity contribution is 6.04. The predicted octanol–water partition coefficient (Wildman–Crippen LogP) is 1.48. The van der Waals surface area contributed by atoms with Gasteiger partial charge in [0.05, 0.1) is 24.2 Å². The molecule has 2 aromatic rings. The molecule has 1 aliphatic rings. The third-order valence-corrected chi connectivity index (χ3v) is 4.07. The number of halogens is 1. The molecule has 3 N–H and O–H groups in total. The van der Waals surface area contributed by atoms with E-state index in [1.54, 1.807) is 42.5 Å². The van der Waals surface area contributed by atoms with Crippen molar-refractivity contribution in [3.8, 4) is 6.07 Å². The fourth-order valence-corrected chi connectivity index (χ4v) is 2.55. The van der Waals surface area contributed by atoms with Gasteiger partial charge >= 0.3 is 0 Å². The van der Waals surface area contributed by atoms with E-state index >= 15 is 0 Å². The van der Waals surface area contributed by atoms with Crippen LogP contribution in [0.15, 0.2) is 58.7 Å². The largest absolute Gasteiger partial charge is 0.413 e. The molecular weight excluding hydrogens is 363 g/mol. The Kier molecular flexibility index (Phi) is 5.62. The third-order valence-electron chi connectivity index (χ3n) is 4.07. The summed E-state index contributed by atoms with van der Waals surface area (Å²) in [7, 11) is 1.72. The molecule has 142 valence electrons. The second-order valence-corrected chi connectivity index (χ2v) is 5.94. The third kappa shape index (κ3) is 4.13. The smallest absolute Gasteiger partial charge is 0.269 e. The Morgan fingerprint density at radius 1 is 1.54 bits per heavy atom. The first-order valence-electron chi connectivity index (χ1n) is 8.30. The molecule has 8 nitrogen and oxygen atoms in total. The average molecular weight is 380 g/mol. The summed E-state index contributed by atoms with van der Waals surface area (Å²) in [6, 6.07) is 7.74. The number of aromatic nitrogens is 2. The number of aliphatic imine (C=N–C) groups is 1. The van der Waals surface area contributed by atoms with Gasteiger partial charge in [-0.15, -0.1) is 5.06 Å². The van der Waals surface area contributed by atoms with E-state index in [0.717, 1.165) is 6.20 Å². The van der Waals surface area contributed by atoms with Gasteiger partial charge in [0, 0.05) is 12.6 Å². The molecule has 28 heavy (non-hydrogen) atoms. The van der Waals surface area contributed by atoms with Gasteiger partial charge in [0.15, 0.2) is 5.82 Å². The molecular formula is C19H17FN6O2. The van der Waals surface area contributed by atoms with Crippen LogP contribution in [0.5, 0.6) is 0 Å². The van der Waals surface area contributed by atoms with E-state index in [1.807, 2.05) is 0 Å². The van der Waals surface area contributed by atoms with Crippen molar-refractivity contribution in [2.75, 3.05) is 7.05 Å². The lowest BCUT2D eigenvalue weighted by molar-refractivity contribution is -0.0629. The molecule has 0 saturated heterocycles. The van der Waals surface area contributed by atoms with Crippen molar-refractivity contribution in [3.05, 3.63) is 82.0 Å². The number of nitrogens with one attached hydrogen (secondary N) is 1. The number of nitriles is 1. The van der Waals surface area contributed by atoms with Crippen LogP contribution in [0.3, 0.4) is 0 Å². The first kappa shape index (κ1) is 19.0. The van der Waals surface area contributed by atoms with Crippen LogP contribution in [0.2, 0.25) is 0 Å². The Labute approximate surface area is 160 Å². The fraction of sp³-hybridized carbons (Fsp3) is 0.158. The quantitative estimate of drug-likeness (QED) is 0.758. The predicted molar refractivity (Wildman–Crippen MR) is 101 cm³/mol. The molecule has 0 amide bonds. The van der Waals surface area contributed by atoms with Gasteiger partial charge in [0.25, 0.3) is 5.56 Å². The van der Waals surface area contributed by atoms with E-state index < -0.39 is 5.56 Å². The number of hydroxylamine groups is 2. The Morgan fingerprint density at radius 2 is 2.32 bits per heavy atom. The lowest BCUT2D eigenvalue weighted by Crippen LogP contribution is -2.32. The number of nitrogens with two attached hydrogens (primary N) is 1. The molecule has 1 unspecified atom stereocenters. The fourth-order valence-electron chi connectivity index (χ4n) is 2.55. The lowest BCUT2D eigenvalue weighted by Gasteiger charge is -2.18. The molecule has 9 heteroatoms. The van der Waals surface area contributed by atoms with Crippen LogP contribution < -0.4 is 11.3 Å². The number of hydrogen-bond acceptors (Lipinski definition) is 7. The van der Waals surface area contributed by atoms with Gasteiger partial charge in [-0.1, -0.05) is 18.2 Å². The summed E-state index contributed by atoms with van der Waals surface area (Å²) in [5.41, 5.74) is 6.44. The first-order chi connectivity index (χ1) is 13.5. The number of rotatable bonds is 5. The Balaban J connectivity index is 1.96. The van der Waals surface area contributed by atoms with Crippen LogP contribution in [0, 0.1) is 17.1 Å². The summed E-state index contributed by atoms with van der Waals surface area (Å²) < 4.78 is 13.9. The molecule has 3 rings (SSSR count). The van der Waals surface area contributed by atoms with E-state index in [4.69, 9.17) is 15.8 Å². The van der Waals surface area contributed by atoms with Gasteiger partial charge in [-0.2, -0.15) is 5.26 Å². The lowest BCUT2D eigenvalue weighted by atomic mass is 10.1. The van der Waals surface area contributed by atoms with Gasteiger partial charge in [-0.05, 0) is 18.2 Å². The minimum absolute atomic E-state index is 0.0985. The van der Waals surface area contributed by atoms with Crippen LogP contribution in [-0.4, -0.2) is 33.8 Å². The highest BCUT2D eigenvalue weighted by Gasteiger charge is 2.23. The number of nitrogens with zero attached hydrogens (tertiary/aromatic N) is 4. The van der Waals surface area contributed by atoms with Crippen molar-refractivity contribution in [2.24, 2.45) is 10.7 Å². The van der Waals surface area contributed by atoms with Crippen molar-refractivity contribution in [1.82, 2.24) is 15.0 Å². The highest BCUT2D eigenvalue weighted by atomic mass is 19.1. The monoisotopic (exact) mass is 380 g/mol. The van der Waals surface area contributed by atoms with E-state index in [2.05, 4.69) is 15.0 Å². The van der Waals surface area contributed by atoms with Crippen LogP contribution in [0.4, 0.5) is 4.39 Å². The van der Waals surface area contributed by atoms with Gasteiger partial charge in [-0.3, -0.25) is 9.79 Å². The number of aromatic amines is 1. The summed E-state index contributed by atoms with van der Waals surface area (Å²) in [4.78, 5) is 28.0. The second kappa shape index (κ2) is 8.28. The molecule has 0 aliphatic carbocycles. The highest BCUT2D eigenvalue weighted by Crippen LogP contribution is 2.15. The zero-order chi connectivity index (χ0) is 20.1. The van der Waals surface area contributed by atoms with Gasteiger partial charge in [0.1, 0.15) is 29.8 Å². The average Bonchev–Trinajstić information content (AvgIpc) is 3.11. The zero-order valence-electron chi connectivity index (χ0n) is 15.0. The maximum atomic E-state index is 13.9. The van der Waals surface area contributed by atoms with Crippen molar-refractivity contribution in [1.29, 1.82) is 5.26 Å². The minimum Gasteiger partial charge on any atom is -0.413 e. The standard InChI is InChI=1S/C19H17FN6O2/c1-26-17(6-7-28-26)16(23-10-12-4-2-3-5-14(12)20)8-15(22)18-24-11-13(9-21)19(27)25-18/h2-8,11,17H,10,22H2,1H3,(H,24,25,27). The molecule has 2 heterocycles. The molecule has 0 fully saturated rings. The number of likely N-dealkylation sites (N-methyl/N-ethyl adjacent to an activating group) is 1. The first-order valence-corrected chi connectivity index (χ1v) is 8.30. The van der Waals surface area contributed by atoms with Crippen molar-refractivity contribution >= 4 is 11.4 Å². The van der Waals surface area contributed by atoms with Crippen LogP contribution in [-0.2, 0) is 11.4 Å². The Bertz CT molecular complexity index is 1070. The molecule has 0 bridgehead atoms. The number of benzene rings is 1. The summed E-state index contributed by atoms with van der Waals surface area (Å²) in [5, 5.41) is 10.4. The molecule has 0 saturated carbocycles. The molecule has 0 spiro atoms. The number of H-pyrrole nitrogens is 1. The summed E-state index contributed by atoms with van der Waals surface area (Å²) in [6.45, 7) is 0.0985. The Morgan fingerprint density at radius 3 is 2.96 bits per heavy atom. The van der Waals surface area contributed by atoms with E-state index in [1.165, 1.54) is 18.4 Å². The maximum Gasteiger partial charge on any atom is 0.269 e. The van der Waals surface area contributed by atoms with Gasteiger partial charge in [-0.25, -0.2) is 9.37 Å². The van der Waals surface area contributed by atoms with Crippen LogP contribution in [0.25, 0.3) is 5.70 Å². The SMILES string of the molecule is CN1OC=CC1C(C=C(N)c1ncc(C#N)c(=O)[nH]1)=NCc1ccccc1F. The summed E-state index contributed by atoms with van der Waals surface area (Å²) in [5.74, 6) is -0.250.